The zero-order valence-electron chi connectivity index (χ0n) is 7.67. The molecule has 0 radical (unpaired) electrons. The highest BCUT2D eigenvalue weighted by molar-refractivity contribution is 5.85. The van der Waals surface area contributed by atoms with Crippen molar-refractivity contribution in [3.8, 4) is 0 Å². The summed E-state index contributed by atoms with van der Waals surface area (Å²) >= 11 is 0. The zero-order valence-corrected chi connectivity index (χ0v) is 8.49. The van der Waals surface area contributed by atoms with Crippen LogP contribution in [-0.4, -0.2) is 19.3 Å². The van der Waals surface area contributed by atoms with Gasteiger partial charge in [0, 0.05) is 12.6 Å². The maximum absolute atomic E-state index is 5.74. The Morgan fingerprint density at radius 3 is 2.27 bits per heavy atom. The van der Waals surface area contributed by atoms with Gasteiger partial charge in [-0.1, -0.05) is 13.8 Å². The molecule has 0 aliphatic rings. The molecule has 0 aromatic carbocycles. The molecule has 3 heteroatoms. The maximum Gasteiger partial charge on any atom is 0.0617 e. The van der Waals surface area contributed by atoms with Crippen LogP contribution in [0.4, 0.5) is 0 Å². The Morgan fingerprint density at radius 1 is 1.36 bits per heavy atom. The van der Waals surface area contributed by atoms with Crippen LogP contribution in [0.25, 0.3) is 0 Å². The molecular weight excluding hydrogens is 162 g/mol. The highest BCUT2D eigenvalue weighted by Crippen LogP contribution is 2.02. The lowest BCUT2D eigenvalue weighted by Gasteiger charge is -2.12. The van der Waals surface area contributed by atoms with E-state index in [0.717, 1.165) is 13.0 Å². The first kappa shape index (κ1) is 13.8. The first-order valence-electron chi connectivity index (χ1n) is 4.00. The van der Waals surface area contributed by atoms with E-state index < -0.39 is 0 Å². The average molecular weight is 182 g/mol. The summed E-state index contributed by atoms with van der Waals surface area (Å²) < 4.78 is 5.17. The van der Waals surface area contributed by atoms with E-state index in [1.165, 1.54) is 0 Å². The lowest BCUT2D eigenvalue weighted by Crippen LogP contribution is -2.27. The molecule has 2 nitrogen and oxygen atoms in total. The molecule has 0 aliphatic carbocycles. The largest absolute Gasteiger partial charge is 0.380 e. The first-order valence-corrected chi connectivity index (χ1v) is 4.00. The zero-order chi connectivity index (χ0) is 7.98. The summed E-state index contributed by atoms with van der Waals surface area (Å²) in [5, 5.41) is 0. The summed E-state index contributed by atoms with van der Waals surface area (Å²) in [6.07, 6.45) is 1.06. The fourth-order valence-electron chi connectivity index (χ4n) is 0.943. The quantitative estimate of drug-likeness (QED) is 0.703. The average Bonchev–Trinajstić information content (AvgIpc) is 1.82. The Kier molecular flexibility index (Phi) is 10.4. The minimum Gasteiger partial charge on any atom is -0.380 e. The molecule has 0 aromatic heterocycles. The first-order chi connectivity index (χ1) is 4.66. The van der Waals surface area contributed by atoms with Crippen LogP contribution >= 0.6 is 12.4 Å². The molecule has 0 fully saturated rings. The van der Waals surface area contributed by atoms with Crippen LogP contribution in [0, 0.1) is 5.92 Å². The van der Waals surface area contributed by atoms with Crippen LogP contribution in [0.15, 0.2) is 0 Å². The summed E-state index contributed by atoms with van der Waals surface area (Å²) in [6, 6.07) is 0.222. The third-order valence-electron chi connectivity index (χ3n) is 1.31. The minimum absolute atomic E-state index is 0. The molecule has 0 heterocycles. The van der Waals surface area contributed by atoms with Crippen molar-refractivity contribution in [3.63, 3.8) is 0 Å². The lowest BCUT2D eigenvalue weighted by atomic mass is 10.1. The number of rotatable bonds is 5. The minimum atomic E-state index is 0. The van der Waals surface area contributed by atoms with Gasteiger partial charge in [0.1, 0.15) is 0 Å². The highest BCUT2D eigenvalue weighted by Gasteiger charge is 2.03. The van der Waals surface area contributed by atoms with Crippen LogP contribution in [0.1, 0.15) is 27.2 Å². The van der Waals surface area contributed by atoms with Crippen molar-refractivity contribution in [2.75, 3.05) is 13.2 Å². The maximum atomic E-state index is 5.74. The predicted molar refractivity (Wildman–Crippen MR) is 51.2 cm³/mol. The van der Waals surface area contributed by atoms with Gasteiger partial charge in [-0.3, -0.25) is 0 Å². The number of hydrogen-bond donors (Lipinski definition) is 1. The SMILES string of the molecule is CCOC[C@@H](N)CC(C)C.Cl. The van der Waals surface area contributed by atoms with Gasteiger partial charge in [-0.05, 0) is 19.3 Å². The molecular formula is C8H20ClNO. The Morgan fingerprint density at radius 2 is 1.91 bits per heavy atom. The number of nitrogens with two attached hydrogens (primary N) is 1. The topological polar surface area (TPSA) is 35.2 Å². The molecule has 0 amide bonds. The second-order valence-electron chi connectivity index (χ2n) is 3.05. The number of ether oxygens (including phenoxy) is 1. The van der Waals surface area contributed by atoms with Gasteiger partial charge >= 0.3 is 0 Å². The van der Waals surface area contributed by atoms with Crippen molar-refractivity contribution in [3.05, 3.63) is 0 Å². The van der Waals surface area contributed by atoms with Crippen molar-refractivity contribution in [2.24, 2.45) is 11.7 Å². The number of halogens is 1. The molecule has 0 aliphatic heterocycles. The smallest absolute Gasteiger partial charge is 0.0617 e. The van der Waals surface area contributed by atoms with Crippen LogP contribution < -0.4 is 5.73 Å². The molecule has 0 saturated carbocycles. The van der Waals surface area contributed by atoms with E-state index in [9.17, 15) is 0 Å². The standard InChI is InChI=1S/C8H19NO.ClH/c1-4-10-6-8(9)5-7(2)3;/h7-8H,4-6,9H2,1-3H3;1H/t8-;/m0./s1. The molecule has 2 N–H and O–H groups in total. The third-order valence-corrected chi connectivity index (χ3v) is 1.31. The van der Waals surface area contributed by atoms with Gasteiger partial charge in [0.25, 0.3) is 0 Å². The summed E-state index contributed by atoms with van der Waals surface area (Å²) in [5.41, 5.74) is 5.74. The Bertz CT molecular complexity index is 78.5. The molecule has 0 unspecified atom stereocenters. The Hall–Kier alpha value is 0.210. The highest BCUT2D eigenvalue weighted by atomic mass is 35.5. The fraction of sp³-hybridized carbons (Fsp3) is 1.00. The van der Waals surface area contributed by atoms with E-state index in [1.54, 1.807) is 0 Å². The summed E-state index contributed by atoms with van der Waals surface area (Å²) in [7, 11) is 0. The van der Waals surface area contributed by atoms with Gasteiger partial charge in [-0.2, -0.15) is 0 Å². The molecule has 0 rings (SSSR count). The molecule has 70 valence electrons. The Balaban J connectivity index is 0. The summed E-state index contributed by atoms with van der Waals surface area (Å²) in [6.45, 7) is 7.81. The van der Waals surface area contributed by atoms with Crippen molar-refractivity contribution >= 4 is 12.4 Å². The van der Waals surface area contributed by atoms with Crippen molar-refractivity contribution in [2.45, 2.75) is 33.2 Å². The molecule has 0 saturated heterocycles. The van der Waals surface area contributed by atoms with Gasteiger partial charge < -0.3 is 10.5 Å². The van der Waals surface area contributed by atoms with Crippen LogP contribution in [-0.2, 0) is 4.74 Å². The van der Waals surface area contributed by atoms with E-state index in [2.05, 4.69) is 13.8 Å². The Labute approximate surface area is 75.9 Å². The molecule has 1 atom stereocenters. The normalized spacial score (nSPS) is 12.8. The number of hydrogen-bond acceptors (Lipinski definition) is 2. The van der Waals surface area contributed by atoms with Crippen molar-refractivity contribution in [1.29, 1.82) is 0 Å². The van der Waals surface area contributed by atoms with Gasteiger partial charge in [-0.25, -0.2) is 0 Å². The second-order valence-corrected chi connectivity index (χ2v) is 3.05. The summed E-state index contributed by atoms with van der Waals surface area (Å²) in [5.74, 6) is 0.676. The fourth-order valence-corrected chi connectivity index (χ4v) is 0.943. The summed E-state index contributed by atoms with van der Waals surface area (Å²) in [4.78, 5) is 0. The van der Waals surface area contributed by atoms with Gasteiger partial charge in [0.2, 0.25) is 0 Å². The van der Waals surface area contributed by atoms with E-state index in [4.69, 9.17) is 10.5 Å². The molecule has 0 spiro atoms. The van der Waals surface area contributed by atoms with Gasteiger partial charge in [0.15, 0.2) is 0 Å². The van der Waals surface area contributed by atoms with Crippen molar-refractivity contribution in [1.82, 2.24) is 0 Å². The van der Waals surface area contributed by atoms with Crippen LogP contribution in [0.2, 0.25) is 0 Å². The van der Waals surface area contributed by atoms with Crippen LogP contribution in [0.3, 0.4) is 0 Å². The van der Waals surface area contributed by atoms with Crippen LogP contribution in [0.5, 0.6) is 0 Å². The molecule has 0 aromatic rings. The van der Waals surface area contributed by atoms with E-state index in [1.807, 2.05) is 6.92 Å². The third kappa shape index (κ3) is 10.2. The lowest BCUT2D eigenvalue weighted by molar-refractivity contribution is 0.127. The van der Waals surface area contributed by atoms with E-state index in [0.29, 0.717) is 12.5 Å². The molecule has 0 bridgehead atoms. The van der Waals surface area contributed by atoms with Gasteiger partial charge in [0.05, 0.1) is 6.61 Å². The van der Waals surface area contributed by atoms with E-state index >= 15 is 0 Å². The van der Waals surface area contributed by atoms with Crippen molar-refractivity contribution < 1.29 is 4.74 Å². The van der Waals surface area contributed by atoms with Gasteiger partial charge in [-0.15, -0.1) is 12.4 Å². The predicted octanol–water partition coefficient (Wildman–Crippen LogP) is 1.82. The monoisotopic (exact) mass is 181 g/mol. The van der Waals surface area contributed by atoms with E-state index in [-0.39, 0.29) is 18.4 Å². The molecule has 11 heavy (non-hydrogen) atoms. The second kappa shape index (κ2) is 8.31.